The van der Waals surface area contributed by atoms with E-state index in [4.69, 9.17) is 0 Å². The standard InChI is InChI=1S/C17H18N2O3S/c1-11-3-5-15(7-12(11)2)23(21,22)18-10-13-4-6-16-14(8-13)9-17(20)19-16/h3-8,18H,9-10H2,1-2H3,(H,19,20). The number of amides is 1. The van der Waals surface area contributed by atoms with Gasteiger partial charge in [0.25, 0.3) is 0 Å². The van der Waals surface area contributed by atoms with E-state index >= 15 is 0 Å². The number of hydrogen-bond acceptors (Lipinski definition) is 3. The Morgan fingerprint density at radius 2 is 1.87 bits per heavy atom. The molecular formula is C17H18N2O3S. The highest BCUT2D eigenvalue weighted by Gasteiger charge is 2.18. The molecule has 5 nitrogen and oxygen atoms in total. The molecule has 0 unspecified atom stereocenters. The van der Waals surface area contributed by atoms with Crippen LogP contribution in [0.25, 0.3) is 0 Å². The van der Waals surface area contributed by atoms with Crippen LogP contribution in [0.15, 0.2) is 41.3 Å². The van der Waals surface area contributed by atoms with Crippen molar-refractivity contribution in [1.29, 1.82) is 0 Å². The van der Waals surface area contributed by atoms with Gasteiger partial charge in [0.2, 0.25) is 15.9 Å². The van der Waals surface area contributed by atoms with Gasteiger partial charge in [0.05, 0.1) is 11.3 Å². The van der Waals surface area contributed by atoms with Crippen molar-refractivity contribution >= 4 is 21.6 Å². The highest BCUT2D eigenvalue weighted by molar-refractivity contribution is 7.89. The first kappa shape index (κ1) is 15.7. The van der Waals surface area contributed by atoms with Crippen LogP contribution in [0.3, 0.4) is 0 Å². The summed E-state index contributed by atoms with van der Waals surface area (Å²) < 4.78 is 27.4. The minimum atomic E-state index is -3.56. The molecule has 2 N–H and O–H groups in total. The zero-order valence-corrected chi connectivity index (χ0v) is 13.8. The smallest absolute Gasteiger partial charge is 0.240 e. The molecule has 0 saturated carbocycles. The summed E-state index contributed by atoms with van der Waals surface area (Å²) in [6.07, 6.45) is 0.340. The second kappa shape index (κ2) is 5.79. The molecular weight excluding hydrogens is 312 g/mol. The van der Waals surface area contributed by atoms with Gasteiger partial charge in [-0.15, -0.1) is 0 Å². The first-order valence-corrected chi connectivity index (χ1v) is 8.82. The molecule has 0 bridgehead atoms. The Balaban J connectivity index is 1.76. The number of hydrogen-bond donors (Lipinski definition) is 2. The zero-order valence-electron chi connectivity index (χ0n) is 13.0. The minimum Gasteiger partial charge on any atom is -0.326 e. The molecule has 1 aliphatic rings. The fourth-order valence-electron chi connectivity index (χ4n) is 2.54. The molecule has 0 radical (unpaired) electrons. The summed E-state index contributed by atoms with van der Waals surface area (Å²) in [5.41, 5.74) is 4.52. The molecule has 1 aliphatic heterocycles. The monoisotopic (exact) mass is 330 g/mol. The lowest BCUT2D eigenvalue weighted by atomic mass is 10.1. The van der Waals surface area contributed by atoms with Crippen molar-refractivity contribution in [3.63, 3.8) is 0 Å². The second-order valence-electron chi connectivity index (χ2n) is 5.79. The van der Waals surface area contributed by atoms with Gasteiger partial charge in [0.1, 0.15) is 0 Å². The Morgan fingerprint density at radius 1 is 1.09 bits per heavy atom. The van der Waals surface area contributed by atoms with Crippen LogP contribution in [0.5, 0.6) is 0 Å². The largest absolute Gasteiger partial charge is 0.326 e. The van der Waals surface area contributed by atoms with Crippen molar-refractivity contribution in [2.45, 2.75) is 31.7 Å². The molecule has 6 heteroatoms. The van der Waals surface area contributed by atoms with E-state index in [2.05, 4.69) is 10.0 Å². The molecule has 0 saturated heterocycles. The summed E-state index contributed by atoms with van der Waals surface area (Å²) in [5, 5.41) is 2.76. The quantitative estimate of drug-likeness (QED) is 0.903. The number of sulfonamides is 1. The number of benzene rings is 2. The van der Waals surface area contributed by atoms with Crippen LogP contribution >= 0.6 is 0 Å². The van der Waals surface area contributed by atoms with Gasteiger partial charge in [-0.3, -0.25) is 4.79 Å². The van der Waals surface area contributed by atoms with Crippen molar-refractivity contribution in [1.82, 2.24) is 4.72 Å². The van der Waals surface area contributed by atoms with Gasteiger partial charge in [-0.05, 0) is 54.3 Å². The SMILES string of the molecule is Cc1ccc(S(=O)(=O)NCc2ccc3c(c2)CC(=O)N3)cc1C. The van der Waals surface area contributed by atoms with Crippen molar-refractivity contribution in [3.8, 4) is 0 Å². The normalized spacial score (nSPS) is 13.7. The predicted molar refractivity (Wildman–Crippen MR) is 88.7 cm³/mol. The highest BCUT2D eigenvalue weighted by Crippen LogP contribution is 2.24. The Kier molecular flexibility index (Phi) is 3.95. The molecule has 3 rings (SSSR count). The Morgan fingerprint density at radius 3 is 2.61 bits per heavy atom. The fraction of sp³-hybridized carbons (Fsp3) is 0.235. The van der Waals surface area contributed by atoms with Gasteiger partial charge in [-0.1, -0.05) is 18.2 Å². The molecule has 1 amide bonds. The molecule has 0 atom stereocenters. The Bertz CT molecular complexity index is 889. The number of fused-ring (bicyclic) bond motifs is 1. The number of carbonyl (C=O) groups excluding carboxylic acids is 1. The van der Waals surface area contributed by atoms with Gasteiger partial charge in [-0.25, -0.2) is 13.1 Å². The van der Waals surface area contributed by atoms with Gasteiger partial charge in [-0.2, -0.15) is 0 Å². The van der Waals surface area contributed by atoms with Crippen molar-refractivity contribution in [2.75, 3.05) is 5.32 Å². The summed E-state index contributed by atoms with van der Waals surface area (Å²) in [4.78, 5) is 11.6. The van der Waals surface area contributed by atoms with Crippen LogP contribution in [0, 0.1) is 13.8 Å². The number of anilines is 1. The van der Waals surface area contributed by atoms with E-state index in [0.29, 0.717) is 6.42 Å². The van der Waals surface area contributed by atoms with Crippen molar-refractivity contribution in [2.24, 2.45) is 0 Å². The number of aryl methyl sites for hydroxylation is 2. The van der Waals surface area contributed by atoms with E-state index in [9.17, 15) is 13.2 Å². The maximum Gasteiger partial charge on any atom is 0.240 e. The lowest BCUT2D eigenvalue weighted by Crippen LogP contribution is -2.23. The molecule has 2 aromatic carbocycles. The Hall–Kier alpha value is -2.18. The summed E-state index contributed by atoms with van der Waals surface area (Å²) in [5.74, 6) is -0.0344. The van der Waals surface area contributed by atoms with Crippen molar-refractivity contribution in [3.05, 3.63) is 58.7 Å². The third kappa shape index (κ3) is 3.28. The lowest BCUT2D eigenvalue weighted by Gasteiger charge is -2.09. The van der Waals surface area contributed by atoms with Gasteiger partial charge >= 0.3 is 0 Å². The highest BCUT2D eigenvalue weighted by atomic mass is 32.2. The maximum absolute atomic E-state index is 12.4. The molecule has 0 fully saturated rings. The van der Waals surface area contributed by atoms with E-state index in [1.54, 1.807) is 24.3 Å². The summed E-state index contributed by atoms with van der Waals surface area (Å²) in [7, 11) is -3.56. The van der Waals surface area contributed by atoms with Crippen molar-refractivity contribution < 1.29 is 13.2 Å². The molecule has 23 heavy (non-hydrogen) atoms. The van der Waals surface area contributed by atoms with E-state index in [-0.39, 0.29) is 17.3 Å². The van der Waals surface area contributed by atoms with Crippen LogP contribution in [0.1, 0.15) is 22.3 Å². The van der Waals surface area contributed by atoms with E-state index in [1.807, 2.05) is 26.0 Å². The van der Waals surface area contributed by atoms with E-state index in [0.717, 1.165) is 27.9 Å². The van der Waals surface area contributed by atoms with E-state index < -0.39 is 10.0 Å². The van der Waals surface area contributed by atoms with Gasteiger partial charge in [0.15, 0.2) is 0 Å². The maximum atomic E-state index is 12.4. The molecule has 0 aliphatic carbocycles. The van der Waals surface area contributed by atoms with Crippen LogP contribution in [0.2, 0.25) is 0 Å². The molecule has 0 spiro atoms. The average molecular weight is 330 g/mol. The Labute approximate surface area is 135 Å². The van der Waals surface area contributed by atoms with Gasteiger partial charge in [0, 0.05) is 12.2 Å². The fourth-order valence-corrected chi connectivity index (χ4v) is 3.64. The molecule has 0 aromatic heterocycles. The number of nitrogens with one attached hydrogen (secondary N) is 2. The van der Waals surface area contributed by atoms with Gasteiger partial charge < -0.3 is 5.32 Å². The topological polar surface area (TPSA) is 75.3 Å². The molecule has 2 aromatic rings. The first-order valence-electron chi connectivity index (χ1n) is 7.34. The zero-order chi connectivity index (χ0) is 16.6. The number of carbonyl (C=O) groups is 1. The molecule has 120 valence electrons. The second-order valence-corrected chi connectivity index (χ2v) is 7.55. The third-order valence-corrected chi connectivity index (χ3v) is 5.45. The summed E-state index contributed by atoms with van der Waals surface area (Å²) in [6.45, 7) is 4.02. The third-order valence-electron chi connectivity index (χ3n) is 4.05. The molecule has 1 heterocycles. The van der Waals surface area contributed by atoms with Crippen LogP contribution < -0.4 is 10.0 Å². The summed E-state index contributed by atoms with van der Waals surface area (Å²) >= 11 is 0. The minimum absolute atomic E-state index is 0.0344. The lowest BCUT2D eigenvalue weighted by molar-refractivity contribution is -0.115. The predicted octanol–water partition coefficient (Wildman–Crippen LogP) is 2.28. The van der Waals surface area contributed by atoms with Crippen LogP contribution in [-0.2, 0) is 27.8 Å². The van der Waals surface area contributed by atoms with Crippen LogP contribution in [0.4, 0.5) is 5.69 Å². The first-order chi connectivity index (χ1) is 10.8. The van der Waals surface area contributed by atoms with Crippen LogP contribution in [-0.4, -0.2) is 14.3 Å². The summed E-state index contributed by atoms with van der Waals surface area (Å²) in [6, 6.07) is 10.6. The van der Waals surface area contributed by atoms with E-state index in [1.165, 1.54) is 0 Å². The number of rotatable bonds is 4. The average Bonchev–Trinajstić information content (AvgIpc) is 2.87.